The summed E-state index contributed by atoms with van der Waals surface area (Å²) in [7, 11) is 0. The Hall–Kier alpha value is -3.28. The topological polar surface area (TPSA) is 59.1 Å². The highest BCUT2D eigenvalue weighted by molar-refractivity contribution is 7.18. The zero-order chi connectivity index (χ0) is 21.3. The molecule has 2 heterocycles. The fourth-order valence-corrected chi connectivity index (χ4v) is 5.58. The van der Waals surface area contributed by atoms with Gasteiger partial charge in [-0.15, -0.1) is 11.3 Å². The Morgan fingerprint density at radius 3 is 2.45 bits per heavy atom. The fraction of sp³-hybridized carbons (Fsp3) is 0.0800. The number of halogens is 1. The number of fused-ring (bicyclic) bond motifs is 5. The molecule has 0 radical (unpaired) electrons. The summed E-state index contributed by atoms with van der Waals surface area (Å²) in [6.45, 7) is 1.97. The first kappa shape index (κ1) is 18.5. The maximum Gasteiger partial charge on any atom is 0.233 e. The lowest BCUT2D eigenvalue weighted by molar-refractivity contribution is -0.112. The van der Waals surface area contributed by atoms with Crippen molar-refractivity contribution >= 4 is 56.1 Å². The number of nitrogens with zero attached hydrogens (tertiary/aromatic N) is 1. The second-order valence-corrected chi connectivity index (χ2v) is 9.38. The Morgan fingerprint density at radius 1 is 0.935 bits per heavy atom. The van der Waals surface area contributed by atoms with Crippen LogP contribution in [0.15, 0.2) is 66.2 Å². The number of thiazole rings is 1. The molecule has 31 heavy (non-hydrogen) atoms. The number of hydrogen-bond donors (Lipinski definition) is 1. The monoisotopic (exact) mass is 442 g/mol. The number of aromatic nitrogens is 1. The van der Waals surface area contributed by atoms with Crippen molar-refractivity contribution in [3.8, 4) is 0 Å². The molecule has 0 fully saturated rings. The third-order valence-corrected chi connectivity index (χ3v) is 7.10. The van der Waals surface area contributed by atoms with Crippen LogP contribution in [-0.2, 0) is 4.79 Å². The van der Waals surface area contributed by atoms with Crippen LogP contribution in [0, 0.1) is 6.92 Å². The summed E-state index contributed by atoms with van der Waals surface area (Å²) in [5.41, 5.74) is 5.92. The first-order valence-corrected chi connectivity index (χ1v) is 11.1. The summed E-state index contributed by atoms with van der Waals surface area (Å²) in [5, 5.41) is 5.03. The standard InChI is InChI=1S/C25H15ClN2O2S/c1-12-27-23-18(31-12)11-10-17-20(23)19(13-6-8-14(26)9-7-13)21-22(28-17)15-4-2-3-5-16(15)24(29)25(21)30/h2-11,19,28H,1H3. The lowest BCUT2D eigenvalue weighted by Gasteiger charge is -2.34. The highest BCUT2D eigenvalue weighted by atomic mass is 35.5. The number of ketones is 2. The molecule has 0 saturated carbocycles. The molecule has 1 unspecified atom stereocenters. The van der Waals surface area contributed by atoms with E-state index in [-0.39, 0.29) is 0 Å². The molecular formula is C25H15ClN2O2S. The predicted octanol–water partition coefficient (Wildman–Crippen LogP) is 5.99. The minimum absolute atomic E-state index is 0.418. The SMILES string of the molecule is Cc1nc2c3c(ccc2s1)NC1=C(C(=O)C(=O)c2ccccc21)C3c1ccc(Cl)cc1. The van der Waals surface area contributed by atoms with Crippen LogP contribution < -0.4 is 5.32 Å². The molecule has 0 saturated heterocycles. The number of carbonyl (C=O) groups is 2. The van der Waals surface area contributed by atoms with E-state index in [0.29, 0.717) is 21.9 Å². The van der Waals surface area contributed by atoms with Crippen molar-refractivity contribution in [3.63, 3.8) is 0 Å². The van der Waals surface area contributed by atoms with Crippen molar-refractivity contribution < 1.29 is 9.59 Å². The summed E-state index contributed by atoms with van der Waals surface area (Å²) in [4.78, 5) is 31.2. The van der Waals surface area contributed by atoms with Crippen LogP contribution in [-0.4, -0.2) is 16.6 Å². The van der Waals surface area contributed by atoms with E-state index in [4.69, 9.17) is 16.6 Å². The quantitative estimate of drug-likeness (QED) is 0.368. The second kappa shape index (κ2) is 6.61. The Labute approximate surface area is 187 Å². The zero-order valence-electron chi connectivity index (χ0n) is 16.4. The fourth-order valence-electron chi connectivity index (χ4n) is 4.61. The van der Waals surface area contributed by atoms with Gasteiger partial charge in [-0.05, 0) is 36.8 Å². The maximum atomic E-state index is 13.4. The molecule has 1 aromatic heterocycles. The third-order valence-electron chi connectivity index (χ3n) is 5.91. The Balaban J connectivity index is 1.72. The summed E-state index contributed by atoms with van der Waals surface area (Å²) >= 11 is 7.77. The van der Waals surface area contributed by atoms with E-state index >= 15 is 0 Å². The number of rotatable bonds is 1. The van der Waals surface area contributed by atoms with E-state index in [1.807, 2.05) is 49.4 Å². The molecule has 4 nitrogen and oxygen atoms in total. The van der Waals surface area contributed by atoms with E-state index in [2.05, 4.69) is 11.4 Å². The number of aryl methyl sites for hydroxylation is 1. The van der Waals surface area contributed by atoms with Gasteiger partial charge in [0.25, 0.3) is 0 Å². The van der Waals surface area contributed by atoms with Crippen LogP contribution in [0.2, 0.25) is 5.02 Å². The van der Waals surface area contributed by atoms with E-state index in [1.165, 1.54) is 0 Å². The van der Waals surface area contributed by atoms with Gasteiger partial charge in [-0.3, -0.25) is 9.59 Å². The van der Waals surface area contributed by atoms with Crippen LogP contribution in [0.5, 0.6) is 0 Å². The molecule has 1 N–H and O–H groups in total. The molecule has 150 valence electrons. The average Bonchev–Trinajstić information content (AvgIpc) is 3.17. The number of hydrogen-bond acceptors (Lipinski definition) is 5. The summed E-state index contributed by atoms with van der Waals surface area (Å²) < 4.78 is 1.05. The molecule has 4 aromatic rings. The molecule has 0 bridgehead atoms. The van der Waals surface area contributed by atoms with Gasteiger partial charge >= 0.3 is 0 Å². The van der Waals surface area contributed by atoms with Crippen LogP contribution in [0.25, 0.3) is 15.9 Å². The van der Waals surface area contributed by atoms with Gasteiger partial charge in [0, 0.05) is 38.9 Å². The van der Waals surface area contributed by atoms with Crippen LogP contribution in [0.3, 0.4) is 0 Å². The lowest BCUT2D eigenvalue weighted by atomic mass is 9.73. The molecule has 1 aliphatic heterocycles. The summed E-state index contributed by atoms with van der Waals surface area (Å²) in [6.07, 6.45) is 0. The highest BCUT2D eigenvalue weighted by Gasteiger charge is 2.42. The van der Waals surface area contributed by atoms with Crippen molar-refractivity contribution in [3.05, 3.63) is 98.5 Å². The predicted molar refractivity (Wildman–Crippen MR) is 124 cm³/mol. The number of nitrogens with one attached hydrogen (secondary N) is 1. The van der Waals surface area contributed by atoms with Gasteiger partial charge in [0.2, 0.25) is 11.6 Å². The number of allylic oxidation sites excluding steroid dienone is 1. The molecule has 1 aliphatic carbocycles. The van der Waals surface area contributed by atoms with Crippen molar-refractivity contribution in [1.82, 2.24) is 4.98 Å². The first-order valence-electron chi connectivity index (χ1n) is 9.88. The number of carbonyl (C=O) groups excluding carboxylic acids is 2. The highest BCUT2D eigenvalue weighted by Crippen LogP contribution is 2.50. The summed E-state index contributed by atoms with van der Waals surface area (Å²) in [5.74, 6) is -1.37. The van der Waals surface area contributed by atoms with Gasteiger partial charge in [0.1, 0.15) is 0 Å². The second-order valence-electron chi connectivity index (χ2n) is 7.71. The van der Waals surface area contributed by atoms with Crippen LogP contribution in [0.1, 0.15) is 38.0 Å². The van der Waals surface area contributed by atoms with Gasteiger partial charge in [0.05, 0.1) is 20.9 Å². The maximum absolute atomic E-state index is 13.4. The molecule has 1 atom stereocenters. The molecule has 6 heteroatoms. The largest absolute Gasteiger partial charge is 0.354 e. The minimum atomic E-state index is -0.476. The third kappa shape index (κ3) is 2.63. The molecule has 6 rings (SSSR count). The number of Topliss-reactive ketones (excluding diaryl/α,β-unsaturated/α-hetero) is 2. The van der Waals surface area contributed by atoms with Gasteiger partial charge in [0.15, 0.2) is 0 Å². The normalized spacial score (nSPS) is 17.3. The molecule has 3 aromatic carbocycles. The molecular weight excluding hydrogens is 428 g/mol. The number of anilines is 1. The van der Waals surface area contributed by atoms with Gasteiger partial charge in [-0.25, -0.2) is 4.98 Å². The Bertz CT molecular complexity index is 1470. The molecule has 0 spiro atoms. The van der Waals surface area contributed by atoms with Crippen molar-refractivity contribution in [2.75, 3.05) is 5.32 Å². The minimum Gasteiger partial charge on any atom is -0.354 e. The Kier molecular flexibility index (Phi) is 3.94. The van der Waals surface area contributed by atoms with E-state index in [9.17, 15) is 9.59 Å². The van der Waals surface area contributed by atoms with Crippen LogP contribution >= 0.6 is 22.9 Å². The smallest absolute Gasteiger partial charge is 0.233 e. The van der Waals surface area contributed by atoms with Gasteiger partial charge < -0.3 is 5.32 Å². The van der Waals surface area contributed by atoms with Crippen LogP contribution in [0.4, 0.5) is 5.69 Å². The first-order chi connectivity index (χ1) is 15.0. The zero-order valence-corrected chi connectivity index (χ0v) is 18.0. The lowest BCUT2D eigenvalue weighted by Crippen LogP contribution is -2.32. The Morgan fingerprint density at radius 2 is 1.68 bits per heavy atom. The van der Waals surface area contributed by atoms with Gasteiger partial charge in [-0.1, -0.05) is 48.0 Å². The van der Waals surface area contributed by atoms with E-state index in [1.54, 1.807) is 23.5 Å². The van der Waals surface area contributed by atoms with E-state index in [0.717, 1.165) is 37.6 Å². The van der Waals surface area contributed by atoms with Gasteiger partial charge in [-0.2, -0.15) is 0 Å². The van der Waals surface area contributed by atoms with Crippen molar-refractivity contribution in [2.45, 2.75) is 12.8 Å². The van der Waals surface area contributed by atoms with E-state index < -0.39 is 17.5 Å². The molecule has 2 aliphatic rings. The van der Waals surface area contributed by atoms with Crippen molar-refractivity contribution in [1.29, 1.82) is 0 Å². The summed E-state index contributed by atoms with van der Waals surface area (Å²) in [6, 6.07) is 18.8. The molecule has 0 amide bonds. The number of benzene rings is 3. The average molecular weight is 443 g/mol. The van der Waals surface area contributed by atoms with Crippen molar-refractivity contribution in [2.24, 2.45) is 0 Å².